The number of benzene rings is 1. The molecule has 108 valence electrons. The zero-order chi connectivity index (χ0) is 14.9. The molecule has 0 bridgehead atoms. The first-order valence-electron chi connectivity index (χ1n) is 6.53. The van der Waals surface area contributed by atoms with Crippen molar-refractivity contribution < 1.29 is 18.0 Å². The third-order valence-corrected chi connectivity index (χ3v) is 5.10. The molecule has 0 unspecified atom stereocenters. The molecule has 1 aromatic rings. The lowest BCUT2D eigenvalue weighted by Crippen LogP contribution is -2.34. The van der Waals surface area contributed by atoms with E-state index in [2.05, 4.69) is 0 Å². The fourth-order valence-electron chi connectivity index (χ4n) is 2.28. The second-order valence-corrected chi connectivity index (χ2v) is 7.26. The lowest BCUT2D eigenvalue weighted by atomic mass is 10.1. The van der Waals surface area contributed by atoms with Crippen molar-refractivity contribution in [2.75, 3.05) is 23.0 Å². The van der Waals surface area contributed by atoms with Crippen molar-refractivity contribution in [2.45, 2.75) is 20.3 Å². The average Bonchev–Trinajstić information content (AvgIpc) is 2.60. The van der Waals surface area contributed by atoms with E-state index in [0.29, 0.717) is 17.7 Å². The van der Waals surface area contributed by atoms with Crippen LogP contribution in [-0.4, -0.2) is 38.2 Å². The van der Waals surface area contributed by atoms with E-state index in [-0.39, 0.29) is 18.1 Å². The Morgan fingerprint density at radius 2 is 1.85 bits per heavy atom. The van der Waals surface area contributed by atoms with Crippen LogP contribution in [0.3, 0.4) is 0 Å². The molecule has 0 radical (unpaired) electrons. The van der Waals surface area contributed by atoms with Gasteiger partial charge in [-0.05, 0) is 25.5 Å². The molecule has 0 fully saturated rings. The topological polar surface area (TPSA) is 71.5 Å². The Kier molecular flexibility index (Phi) is 3.94. The summed E-state index contributed by atoms with van der Waals surface area (Å²) in [7, 11) is -3.18. The molecule has 6 heteroatoms. The largest absolute Gasteiger partial charge is 0.304 e. The number of carbonyl (C=O) groups excluding carboxylic acids is 2. The number of carbonyl (C=O) groups is 2. The van der Waals surface area contributed by atoms with Gasteiger partial charge in [0.25, 0.3) is 11.7 Å². The molecule has 0 N–H and O–H groups in total. The summed E-state index contributed by atoms with van der Waals surface area (Å²) in [5.74, 6) is -1.22. The predicted octanol–water partition coefficient (Wildman–Crippen LogP) is 1.35. The number of rotatable bonds is 5. The number of ketones is 1. The highest BCUT2D eigenvalue weighted by atomic mass is 32.2. The number of amides is 1. The van der Waals surface area contributed by atoms with Crippen LogP contribution in [0.4, 0.5) is 5.69 Å². The van der Waals surface area contributed by atoms with E-state index >= 15 is 0 Å². The van der Waals surface area contributed by atoms with E-state index in [9.17, 15) is 18.0 Å². The van der Waals surface area contributed by atoms with Gasteiger partial charge in [-0.3, -0.25) is 9.59 Å². The quantitative estimate of drug-likeness (QED) is 0.769. The smallest absolute Gasteiger partial charge is 0.299 e. The second kappa shape index (κ2) is 5.36. The van der Waals surface area contributed by atoms with Crippen molar-refractivity contribution in [3.05, 3.63) is 29.3 Å². The van der Waals surface area contributed by atoms with Gasteiger partial charge in [-0.25, -0.2) is 8.42 Å². The molecule has 0 saturated heterocycles. The number of aryl methyl sites for hydroxylation is 1. The number of fused-ring (bicyclic) bond motifs is 1. The van der Waals surface area contributed by atoms with Crippen molar-refractivity contribution in [3.8, 4) is 0 Å². The molecule has 0 aliphatic carbocycles. The van der Waals surface area contributed by atoms with Crippen LogP contribution in [0.1, 0.15) is 29.3 Å². The first-order valence-corrected chi connectivity index (χ1v) is 8.35. The summed E-state index contributed by atoms with van der Waals surface area (Å²) in [6.45, 7) is 3.66. The van der Waals surface area contributed by atoms with Gasteiger partial charge in [0.1, 0.15) is 0 Å². The van der Waals surface area contributed by atoms with Crippen molar-refractivity contribution >= 4 is 27.2 Å². The number of hydrogen-bond acceptors (Lipinski definition) is 4. The summed E-state index contributed by atoms with van der Waals surface area (Å²) in [5, 5.41) is 0. The van der Waals surface area contributed by atoms with E-state index in [4.69, 9.17) is 0 Å². The maximum absolute atomic E-state index is 11.9. The summed E-state index contributed by atoms with van der Waals surface area (Å²) in [5.41, 5.74) is 1.77. The van der Waals surface area contributed by atoms with Gasteiger partial charge in [-0.1, -0.05) is 18.6 Å². The fraction of sp³-hybridized carbons (Fsp3) is 0.429. The Labute approximate surface area is 118 Å². The minimum absolute atomic E-state index is 0.0307. The molecule has 2 rings (SSSR count). The lowest BCUT2D eigenvalue weighted by molar-refractivity contribution is -0.114. The van der Waals surface area contributed by atoms with Crippen molar-refractivity contribution in [1.82, 2.24) is 0 Å². The first kappa shape index (κ1) is 14.7. The highest BCUT2D eigenvalue weighted by molar-refractivity contribution is 7.91. The number of Topliss-reactive ketones (excluding diaryl/α,β-unsaturated/α-hetero) is 1. The maximum atomic E-state index is 11.9. The second-order valence-electron chi connectivity index (χ2n) is 4.96. The molecule has 0 aromatic heterocycles. The minimum atomic E-state index is -3.18. The van der Waals surface area contributed by atoms with Gasteiger partial charge in [0.05, 0.1) is 17.0 Å². The van der Waals surface area contributed by atoms with Crippen molar-refractivity contribution in [1.29, 1.82) is 0 Å². The van der Waals surface area contributed by atoms with Crippen LogP contribution in [0.5, 0.6) is 0 Å². The highest BCUT2D eigenvalue weighted by Gasteiger charge is 2.36. The van der Waals surface area contributed by atoms with Crippen LogP contribution in [0, 0.1) is 6.92 Å². The molecule has 1 heterocycles. The predicted molar refractivity (Wildman–Crippen MR) is 76.8 cm³/mol. The average molecular weight is 295 g/mol. The zero-order valence-electron chi connectivity index (χ0n) is 11.5. The summed E-state index contributed by atoms with van der Waals surface area (Å²) < 4.78 is 23.4. The molecule has 0 atom stereocenters. The number of anilines is 1. The van der Waals surface area contributed by atoms with Gasteiger partial charge in [-0.15, -0.1) is 0 Å². The van der Waals surface area contributed by atoms with Gasteiger partial charge in [0.2, 0.25) is 0 Å². The van der Waals surface area contributed by atoms with E-state index in [1.54, 1.807) is 25.1 Å². The molecule has 0 saturated carbocycles. The molecular formula is C14H17NO4S. The molecule has 0 spiro atoms. The first-order chi connectivity index (χ1) is 9.35. The normalized spacial score (nSPS) is 14.8. The van der Waals surface area contributed by atoms with Gasteiger partial charge < -0.3 is 4.90 Å². The van der Waals surface area contributed by atoms with Gasteiger partial charge in [-0.2, -0.15) is 0 Å². The fourth-order valence-corrected chi connectivity index (χ4v) is 3.57. The third kappa shape index (κ3) is 2.75. The molecule has 1 aliphatic heterocycles. The lowest BCUT2D eigenvalue weighted by Gasteiger charge is -2.16. The SMILES string of the molecule is CCCS(=O)(=O)CCN1C(=O)C(=O)c2cc(C)ccc21. The van der Waals surface area contributed by atoms with Gasteiger partial charge in [0.15, 0.2) is 9.84 Å². The molecule has 1 aromatic carbocycles. The van der Waals surface area contributed by atoms with Crippen molar-refractivity contribution in [2.24, 2.45) is 0 Å². The van der Waals surface area contributed by atoms with Gasteiger partial charge in [0, 0.05) is 12.3 Å². The Morgan fingerprint density at radius 1 is 1.15 bits per heavy atom. The van der Waals surface area contributed by atoms with E-state index in [1.165, 1.54) is 4.90 Å². The third-order valence-electron chi connectivity index (χ3n) is 3.27. The van der Waals surface area contributed by atoms with Crippen LogP contribution < -0.4 is 4.90 Å². The summed E-state index contributed by atoms with van der Waals surface area (Å²) >= 11 is 0. The van der Waals surface area contributed by atoms with E-state index in [0.717, 1.165) is 5.56 Å². The molecule has 1 amide bonds. The molecule has 20 heavy (non-hydrogen) atoms. The Morgan fingerprint density at radius 3 is 2.50 bits per heavy atom. The Balaban J connectivity index is 2.23. The van der Waals surface area contributed by atoms with E-state index < -0.39 is 21.5 Å². The number of sulfone groups is 1. The van der Waals surface area contributed by atoms with Crippen LogP contribution in [0.2, 0.25) is 0 Å². The summed E-state index contributed by atoms with van der Waals surface area (Å²) in [6, 6.07) is 5.16. The van der Waals surface area contributed by atoms with Gasteiger partial charge >= 0.3 is 0 Å². The summed E-state index contributed by atoms with van der Waals surface area (Å²) in [6.07, 6.45) is 0.547. The van der Waals surface area contributed by atoms with Crippen molar-refractivity contribution in [3.63, 3.8) is 0 Å². The molecular weight excluding hydrogens is 278 g/mol. The van der Waals surface area contributed by atoms with Crippen LogP contribution in [0.15, 0.2) is 18.2 Å². The van der Waals surface area contributed by atoms with Crippen LogP contribution in [-0.2, 0) is 14.6 Å². The molecule has 1 aliphatic rings. The van der Waals surface area contributed by atoms with Crippen LogP contribution >= 0.6 is 0 Å². The monoisotopic (exact) mass is 295 g/mol. The number of nitrogens with zero attached hydrogens (tertiary/aromatic N) is 1. The zero-order valence-corrected chi connectivity index (χ0v) is 12.4. The Hall–Kier alpha value is -1.69. The highest BCUT2D eigenvalue weighted by Crippen LogP contribution is 2.29. The standard InChI is InChI=1S/C14H17NO4S/c1-3-7-20(18,19)8-6-15-12-5-4-10(2)9-11(12)13(16)14(15)17/h4-5,9H,3,6-8H2,1-2H3. The minimum Gasteiger partial charge on any atom is -0.304 e. The number of hydrogen-bond donors (Lipinski definition) is 0. The Bertz CT molecular complexity index is 664. The van der Waals surface area contributed by atoms with Crippen LogP contribution in [0.25, 0.3) is 0 Å². The van der Waals surface area contributed by atoms with E-state index in [1.807, 2.05) is 6.92 Å². The maximum Gasteiger partial charge on any atom is 0.299 e. The summed E-state index contributed by atoms with van der Waals surface area (Å²) in [4.78, 5) is 25.1. The molecule has 5 nitrogen and oxygen atoms in total.